The number of hydrogen-bond acceptors (Lipinski definition) is 4. The van der Waals surface area contributed by atoms with Crippen LogP contribution in [0.3, 0.4) is 0 Å². The zero-order valence-corrected chi connectivity index (χ0v) is 10.5. The summed E-state index contributed by atoms with van der Waals surface area (Å²) in [4.78, 5) is 21.6. The number of nitrogens with zero attached hydrogens (tertiary/aromatic N) is 1. The Morgan fingerprint density at radius 2 is 1.90 bits per heavy atom. The maximum atomic E-state index is 13.8. The predicted octanol–water partition coefficient (Wildman–Crippen LogP) is 4.23. The minimum atomic E-state index is -0.817. The standard InChI is InChI=1S/C14H10F2N2O2/c1-8-2-4-12(11(16)6-8)17-14-9(7-19)10(15)3-5-13(14)18-20/h2-7,17H,1H3. The average Bonchev–Trinajstić information content (AvgIpc) is 2.42. The normalized spacial score (nSPS) is 10.2. The second-order valence-corrected chi connectivity index (χ2v) is 4.17. The van der Waals surface area contributed by atoms with E-state index in [1.807, 2.05) is 0 Å². The monoisotopic (exact) mass is 276 g/mol. The second kappa shape index (κ2) is 5.56. The number of nitrogens with one attached hydrogen (secondary N) is 1. The second-order valence-electron chi connectivity index (χ2n) is 4.17. The van der Waals surface area contributed by atoms with Crippen LogP contribution in [0.1, 0.15) is 15.9 Å². The van der Waals surface area contributed by atoms with Gasteiger partial charge in [0.05, 0.1) is 16.9 Å². The molecule has 0 unspecified atom stereocenters. The van der Waals surface area contributed by atoms with Gasteiger partial charge in [0.15, 0.2) is 6.29 Å². The molecule has 4 nitrogen and oxygen atoms in total. The molecular formula is C14H10F2N2O2. The summed E-state index contributed by atoms with van der Waals surface area (Å²) in [6, 6.07) is 6.41. The lowest BCUT2D eigenvalue weighted by Crippen LogP contribution is -2.00. The summed E-state index contributed by atoms with van der Waals surface area (Å²) in [5.74, 6) is -1.40. The Hall–Kier alpha value is -2.63. The first kappa shape index (κ1) is 13.8. The zero-order valence-electron chi connectivity index (χ0n) is 10.5. The van der Waals surface area contributed by atoms with Crippen LogP contribution < -0.4 is 5.32 Å². The summed E-state index contributed by atoms with van der Waals surface area (Å²) in [6.45, 7) is 1.71. The lowest BCUT2D eigenvalue weighted by molar-refractivity contribution is 0.112. The number of halogens is 2. The molecule has 0 aliphatic rings. The molecule has 0 amide bonds. The van der Waals surface area contributed by atoms with Crippen LogP contribution in [0.4, 0.5) is 25.8 Å². The van der Waals surface area contributed by atoms with E-state index in [0.717, 1.165) is 12.1 Å². The minimum Gasteiger partial charge on any atom is -0.351 e. The van der Waals surface area contributed by atoms with Crippen molar-refractivity contribution in [3.8, 4) is 0 Å². The summed E-state index contributed by atoms with van der Waals surface area (Å²) < 4.78 is 27.3. The van der Waals surface area contributed by atoms with Crippen LogP contribution in [0.15, 0.2) is 35.5 Å². The molecule has 2 rings (SSSR count). The van der Waals surface area contributed by atoms with Gasteiger partial charge in [-0.05, 0) is 41.9 Å². The van der Waals surface area contributed by atoms with Crippen molar-refractivity contribution in [1.29, 1.82) is 0 Å². The summed E-state index contributed by atoms with van der Waals surface area (Å²) >= 11 is 0. The predicted molar refractivity (Wildman–Crippen MR) is 71.7 cm³/mol. The molecule has 0 aliphatic carbocycles. The Labute approximate surface area is 113 Å². The van der Waals surface area contributed by atoms with E-state index in [2.05, 4.69) is 10.5 Å². The molecule has 0 spiro atoms. The first-order valence-electron chi connectivity index (χ1n) is 5.71. The number of rotatable bonds is 4. The fourth-order valence-electron chi connectivity index (χ4n) is 1.76. The van der Waals surface area contributed by atoms with Crippen molar-refractivity contribution in [1.82, 2.24) is 0 Å². The molecule has 0 radical (unpaired) electrons. The van der Waals surface area contributed by atoms with Gasteiger partial charge in [0.25, 0.3) is 0 Å². The van der Waals surface area contributed by atoms with Crippen molar-refractivity contribution >= 4 is 23.3 Å². The van der Waals surface area contributed by atoms with Crippen LogP contribution in [0.5, 0.6) is 0 Å². The van der Waals surface area contributed by atoms with E-state index in [9.17, 15) is 18.5 Å². The molecule has 20 heavy (non-hydrogen) atoms. The molecule has 2 aromatic carbocycles. The maximum absolute atomic E-state index is 13.8. The summed E-state index contributed by atoms with van der Waals surface area (Å²) in [5.41, 5.74) is 0.0270. The Morgan fingerprint density at radius 3 is 2.50 bits per heavy atom. The van der Waals surface area contributed by atoms with E-state index in [4.69, 9.17) is 0 Å². The van der Waals surface area contributed by atoms with Gasteiger partial charge >= 0.3 is 0 Å². The van der Waals surface area contributed by atoms with Crippen LogP contribution in [0.25, 0.3) is 0 Å². The van der Waals surface area contributed by atoms with Crippen molar-refractivity contribution in [3.63, 3.8) is 0 Å². The van der Waals surface area contributed by atoms with Gasteiger partial charge in [-0.25, -0.2) is 8.78 Å². The van der Waals surface area contributed by atoms with E-state index in [-0.39, 0.29) is 28.9 Å². The van der Waals surface area contributed by atoms with Crippen molar-refractivity contribution in [2.75, 3.05) is 5.32 Å². The van der Waals surface area contributed by atoms with Crippen LogP contribution >= 0.6 is 0 Å². The van der Waals surface area contributed by atoms with Crippen molar-refractivity contribution in [2.24, 2.45) is 5.18 Å². The molecule has 0 aromatic heterocycles. The van der Waals surface area contributed by atoms with Crippen LogP contribution in [0.2, 0.25) is 0 Å². The molecule has 0 saturated carbocycles. The average molecular weight is 276 g/mol. The van der Waals surface area contributed by atoms with Gasteiger partial charge in [-0.3, -0.25) is 4.79 Å². The van der Waals surface area contributed by atoms with Gasteiger partial charge in [0, 0.05) is 0 Å². The van der Waals surface area contributed by atoms with Crippen molar-refractivity contribution in [3.05, 3.63) is 58.0 Å². The SMILES string of the molecule is Cc1ccc(Nc2c(N=O)ccc(F)c2C=O)c(F)c1. The van der Waals surface area contributed by atoms with Gasteiger partial charge in [0.2, 0.25) is 0 Å². The van der Waals surface area contributed by atoms with Gasteiger partial charge < -0.3 is 5.32 Å². The lowest BCUT2D eigenvalue weighted by Gasteiger charge is -2.12. The number of carbonyl (C=O) groups is 1. The highest BCUT2D eigenvalue weighted by Gasteiger charge is 2.15. The quantitative estimate of drug-likeness (QED) is 0.671. The number of carbonyl (C=O) groups excluding carboxylic acids is 1. The number of nitroso groups, excluding NO2 is 1. The highest BCUT2D eigenvalue weighted by Crippen LogP contribution is 2.33. The van der Waals surface area contributed by atoms with E-state index in [1.165, 1.54) is 12.1 Å². The van der Waals surface area contributed by atoms with Crippen LogP contribution in [0, 0.1) is 23.5 Å². The Balaban J connectivity index is 2.54. The van der Waals surface area contributed by atoms with E-state index >= 15 is 0 Å². The molecule has 0 fully saturated rings. The Morgan fingerprint density at radius 1 is 1.15 bits per heavy atom. The van der Waals surface area contributed by atoms with Crippen molar-refractivity contribution in [2.45, 2.75) is 6.92 Å². The van der Waals surface area contributed by atoms with Crippen LogP contribution in [-0.2, 0) is 0 Å². The summed E-state index contributed by atoms with van der Waals surface area (Å²) in [6.07, 6.45) is 0.248. The molecule has 2 aromatic rings. The van der Waals surface area contributed by atoms with Crippen molar-refractivity contribution < 1.29 is 13.6 Å². The first-order chi connectivity index (χ1) is 9.56. The van der Waals surface area contributed by atoms with Gasteiger partial charge in [0.1, 0.15) is 17.3 Å². The summed E-state index contributed by atoms with van der Waals surface area (Å²) in [7, 11) is 0. The number of benzene rings is 2. The zero-order chi connectivity index (χ0) is 14.7. The molecule has 102 valence electrons. The fraction of sp³-hybridized carbons (Fsp3) is 0.0714. The first-order valence-corrected chi connectivity index (χ1v) is 5.71. The Kier molecular flexibility index (Phi) is 3.84. The van der Waals surface area contributed by atoms with Gasteiger partial charge in [-0.15, -0.1) is 4.91 Å². The topological polar surface area (TPSA) is 58.5 Å². The molecule has 0 atom stereocenters. The largest absolute Gasteiger partial charge is 0.351 e. The number of anilines is 2. The highest BCUT2D eigenvalue weighted by molar-refractivity contribution is 5.91. The molecule has 6 heteroatoms. The number of aldehydes is 1. The Bertz CT molecular complexity index is 687. The number of hydrogen-bond donors (Lipinski definition) is 1. The lowest BCUT2D eigenvalue weighted by atomic mass is 10.1. The number of aryl methyl sites for hydroxylation is 1. The molecule has 1 N–H and O–H groups in total. The third-order valence-corrected chi connectivity index (χ3v) is 2.77. The molecule has 0 saturated heterocycles. The summed E-state index contributed by atoms with van der Waals surface area (Å²) in [5, 5.41) is 5.24. The smallest absolute Gasteiger partial charge is 0.155 e. The third-order valence-electron chi connectivity index (χ3n) is 2.77. The molecule has 0 heterocycles. The van der Waals surface area contributed by atoms with E-state index in [0.29, 0.717) is 5.56 Å². The molecule has 0 bridgehead atoms. The maximum Gasteiger partial charge on any atom is 0.155 e. The van der Waals surface area contributed by atoms with Crippen LogP contribution in [-0.4, -0.2) is 6.29 Å². The molecular weight excluding hydrogens is 266 g/mol. The highest BCUT2D eigenvalue weighted by atomic mass is 19.1. The fourth-order valence-corrected chi connectivity index (χ4v) is 1.76. The van der Waals surface area contributed by atoms with Gasteiger partial charge in [-0.1, -0.05) is 6.07 Å². The van der Waals surface area contributed by atoms with Gasteiger partial charge in [-0.2, -0.15) is 0 Å². The molecule has 0 aliphatic heterocycles. The van der Waals surface area contributed by atoms with E-state index < -0.39 is 11.6 Å². The third kappa shape index (κ3) is 2.54. The van der Waals surface area contributed by atoms with E-state index in [1.54, 1.807) is 13.0 Å². The minimum absolute atomic E-state index is 0.0224.